The van der Waals surface area contributed by atoms with E-state index in [1.807, 2.05) is 37.3 Å². The molecule has 0 radical (unpaired) electrons. The van der Waals surface area contributed by atoms with Gasteiger partial charge in [0.2, 0.25) is 0 Å². The number of guanidine groups is 1. The predicted molar refractivity (Wildman–Crippen MR) is 110 cm³/mol. The molecule has 0 spiro atoms. The molecule has 6 nitrogen and oxygen atoms in total. The summed E-state index contributed by atoms with van der Waals surface area (Å²) in [5.74, 6) is 0.707. The summed E-state index contributed by atoms with van der Waals surface area (Å²) in [4.78, 5) is 18.1. The number of hydrogen-bond donors (Lipinski definition) is 3. The molecule has 1 amide bonds. The number of aliphatic imine (C=N–C) groups is 1. The van der Waals surface area contributed by atoms with Crippen LogP contribution in [0.25, 0.3) is 0 Å². The highest BCUT2D eigenvalue weighted by Gasteiger charge is 2.23. The van der Waals surface area contributed by atoms with Gasteiger partial charge in [-0.15, -0.1) is 11.3 Å². The van der Waals surface area contributed by atoms with Crippen LogP contribution in [-0.2, 0) is 22.6 Å². The maximum atomic E-state index is 12.2. The number of rotatable bonds is 7. The molecule has 2 aromatic rings. The van der Waals surface area contributed by atoms with Crippen LogP contribution in [0.1, 0.15) is 30.2 Å². The van der Waals surface area contributed by atoms with Crippen molar-refractivity contribution in [1.29, 1.82) is 0 Å². The van der Waals surface area contributed by atoms with E-state index in [1.54, 1.807) is 11.3 Å². The third-order valence-electron chi connectivity index (χ3n) is 4.19. The van der Waals surface area contributed by atoms with Crippen LogP contribution in [0.3, 0.4) is 0 Å². The number of hydrogen-bond acceptors (Lipinski definition) is 4. The van der Waals surface area contributed by atoms with Gasteiger partial charge in [0.15, 0.2) is 5.96 Å². The second-order valence-corrected chi connectivity index (χ2v) is 7.35. The van der Waals surface area contributed by atoms with Crippen LogP contribution in [-0.4, -0.2) is 31.1 Å². The molecular formula is C20H26N4O2S. The number of anilines is 1. The summed E-state index contributed by atoms with van der Waals surface area (Å²) in [6.45, 7) is 4.79. The number of thiophene rings is 1. The first-order chi connectivity index (χ1) is 13.2. The van der Waals surface area contributed by atoms with Crippen molar-refractivity contribution < 1.29 is 9.53 Å². The third kappa shape index (κ3) is 6.08. The zero-order valence-corrected chi connectivity index (χ0v) is 16.3. The minimum Gasteiger partial charge on any atom is -0.368 e. The zero-order valence-electron chi connectivity index (χ0n) is 15.5. The molecule has 1 aromatic carbocycles. The molecule has 1 aliphatic rings. The highest BCUT2D eigenvalue weighted by molar-refractivity contribution is 7.09. The average molecular weight is 387 g/mol. The predicted octanol–water partition coefficient (Wildman–Crippen LogP) is 3.12. The van der Waals surface area contributed by atoms with Gasteiger partial charge in [-0.2, -0.15) is 0 Å². The maximum Gasteiger partial charge on any atom is 0.253 e. The molecule has 27 heavy (non-hydrogen) atoms. The number of ether oxygens (including phenoxy) is 1. The quantitative estimate of drug-likeness (QED) is 0.505. The molecule has 3 N–H and O–H groups in total. The fraction of sp³-hybridized carbons (Fsp3) is 0.400. The largest absolute Gasteiger partial charge is 0.368 e. The summed E-state index contributed by atoms with van der Waals surface area (Å²) in [6, 6.07) is 11.9. The van der Waals surface area contributed by atoms with E-state index in [2.05, 4.69) is 32.4 Å². The standard InChI is InChI=1S/C20H26N4O2S/c1-2-21-20(23-14-17-8-5-11-27-17)22-13-15-6-3-7-16(12-15)24-19(25)18-9-4-10-26-18/h3,5-8,11-12,18H,2,4,9-10,13-14H2,1H3,(H,24,25)(H2,21,22,23). The monoisotopic (exact) mass is 386 g/mol. The molecule has 1 aliphatic heterocycles. The van der Waals surface area contributed by atoms with Crippen molar-refractivity contribution in [1.82, 2.24) is 10.6 Å². The summed E-state index contributed by atoms with van der Waals surface area (Å²) in [5, 5.41) is 11.6. The Hall–Kier alpha value is -2.38. The fourth-order valence-corrected chi connectivity index (χ4v) is 3.50. The zero-order chi connectivity index (χ0) is 18.9. The smallest absolute Gasteiger partial charge is 0.253 e. The van der Waals surface area contributed by atoms with Crippen molar-refractivity contribution in [3.63, 3.8) is 0 Å². The van der Waals surface area contributed by atoms with Crippen molar-refractivity contribution >= 4 is 28.9 Å². The first kappa shape index (κ1) is 19.4. The van der Waals surface area contributed by atoms with Crippen LogP contribution < -0.4 is 16.0 Å². The highest BCUT2D eigenvalue weighted by atomic mass is 32.1. The fourth-order valence-electron chi connectivity index (χ4n) is 2.85. The van der Waals surface area contributed by atoms with E-state index in [0.29, 0.717) is 13.2 Å². The van der Waals surface area contributed by atoms with Crippen LogP contribution >= 0.6 is 11.3 Å². The van der Waals surface area contributed by atoms with Gasteiger partial charge in [-0.25, -0.2) is 4.99 Å². The summed E-state index contributed by atoms with van der Waals surface area (Å²) < 4.78 is 5.43. The number of benzene rings is 1. The Kier molecular flexibility index (Phi) is 7.24. The van der Waals surface area contributed by atoms with E-state index in [0.717, 1.165) is 43.1 Å². The minimum absolute atomic E-state index is 0.0703. The van der Waals surface area contributed by atoms with Crippen molar-refractivity contribution in [2.24, 2.45) is 4.99 Å². The Morgan fingerprint density at radius 1 is 1.30 bits per heavy atom. The Morgan fingerprint density at radius 2 is 2.22 bits per heavy atom. The molecule has 2 heterocycles. The number of carbonyl (C=O) groups is 1. The van der Waals surface area contributed by atoms with Crippen molar-refractivity contribution in [3.05, 3.63) is 52.2 Å². The lowest BCUT2D eigenvalue weighted by Gasteiger charge is -2.12. The first-order valence-corrected chi connectivity index (χ1v) is 10.2. The lowest BCUT2D eigenvalue weighted by atomic mass is 10.2. The molecule has 3 rings (SSSR count). The van der Waals surface area contributed by atoms with E-state index >= 15 is 0 Å². The SMILES string of the molecule is CCNC(=NCc1cccc(NC(=O)C2CCCO2)c1)NCc1cccs1. The van der Waals surface area contributed by atoms with Crippen LogP contribution in [0, 0.1) is 0 Å². The lowest BCUT2D eigenvalue weighted by molar-refractivity contribution is -0.124. The lowest BCUT2D eigenvalue weighted by Crippen LogP contribution is -2.36. The van der Waals surface area contributed by atoms with Crippen molar-refractivity contribution in [3.8, 4) is 0 Å². The van der Waals surface area contributed by atoms with Crippen LogP contribution in [0.4, 0.5) is 5.69 Å². The number of nitrogens with one attached hydrogen (secondary N) is 3. The van der Waals surface area contributed by atoms with Crippen LogP contribution in [0.5, 0.6) is 0 Å². The van der Waals surface area contributed by atoms with Crippen LogP contribution in [0.2, 0.25) is 0 Å². The third-order valence-corrected chi connectivity index (χ3v) is 5.07. The van der Waals surface area contributed by atoms with E-state index in [4.69, 9.17) is 4.74 Å². The first-order valence-electron chi connectivity index (χ1n) is 9.30. The summed E-state index contributed by atoms with van der Waals surface area (Å²) >= 11 is 1.72. The Bertz CT molecular complexity index is 755. The van der Waals surface area contributed by atoms with Gasteiger partial charge in [0.25, 0.3) is 5.91 Å². The second-order valence-electron chi connectivity index (χ2n) is 6.32. The molecule has 0 aliphatic carbocycles. The van der Waals surface area contributed by atoms with Gasteiger partial charge in [-0.1, -0.05) is 18.2 Å². The number of nitrogens with zero attached hydrogens (tertiary/aromatic N) is 1. The van der Waals surface area contributed by atoms with E-state index in [9.17, 15) is 4.79 Å². The van der Waals surface area contributed by atoms with Gasteiger partial charge in [0.1, 0.15) is 6.10 Å². The maximum absolute atomic E-state index is 12.2. The molecule has 1 saturated heterocycles. The van der Waals surface area contributed by atoms with Gasteiger partial charge < -0.3 is 20.7 Å². The molecule has 0 saturated carbocycles. The Morgan fingerprint density at radius 3 is 2.96 bits per heavy atom. The Labute approximate surface area is 164 Å². The van der Waals surface area contributed by atoms with E-state index < -0.39 is 0 Å². The van der Waals surface area contributed by atoms with Gasteiger partial charge in [-0.05, 0) is 48.9 Å². The van der Waals surface area contributed by atoms with Gasteiger partial charge in [0, 0.05) is 23.7 Å². The van der Waals surface area contributed by atoms with Gasteiger partial charge in [0.05, 0.1) is 13.1 Å². The highest BCUT2D eigenvalue weighted by Crippen LogP contribution is 2.16. The molecule has 1 atom stereocenters. The molecule has 1 aromatic heterocycles. The molecular weight excluding hydrogens is 360 g/mol. The topological polar surface area (TPSA) is 74.8 Å². The molecule has 144 valence electrons. The Balaban J connectivity index is 1.57. The molecule has 0 bridgehead atoms. The van der Waals surface area contributed by atoms with E-state index in [-0.39, 0.29) is 12.0 Å². The average Bonchev–Trinajstić information content (AvgIpc) is 3.38. The van der Waals surface area contributed by atoms with E-state index in [1.165, 1.54) is 4.88 Å². The van der Waals surface area contributed by atoms with Crippen molar-refractivity contribution in [2.45, 2.75) is 39.0 Å². The molecule has 7 heteroatoms. The number of carbonyl (C=O) groups excluding carboxylic acids is 1. The summed E-state index contributed by atoms with van der Waals surface area (Å²) in [5.41, 5.74) is 1.81. The molecule has 1 fully saturated rings. The van der Waals surface area contributed by atoms with Crippen molar-refractivity contribution in [2.75, 3.05) is 18.5 Å². The minimum atomic E-state index is -0.325. The summed E-state index contributed by atoms with van der Waals surface area (Å²) in [6.07, 6.45) is 1.41. The van der Waals surface area contributed by atoms with Gasteiger partial charge in [-0.3, -0.25) is 4.79 Å². The second kappa shape index (κ2) is 10.1. The molecule has 1 unspecified atom stereocenters. The van der Waals surface area contributed by atoms with Crippen LogP contribution in [0.15, 0.2) is 46.8 Å². The number of amides is 1. The van der Waals surface area contributed by atoms with Gasteiger partial charge >= 0.3 is 0 Å². The summed E-state index contributed by atoms with van der Waals surface area (Å²) in [7, 11) is 0. The normalized spacial score (nSPS) is 16.9.